The number of hydrogen-bond donors (Lipinski definition) is 3. The van der Waals surface area contributed by atoms with E-state index in [0.717, 1.165) is 0 Å². The molecular weight excluding hydrogens is 432 g/mol. The summed E-state index contributed by atoms with van der Waals surface area (Å²) in [7, 11) is 0. The van der Waals surface area contributed by atoms with Crippen LogP contribution in [0.5, 0.6) is 11.5 Å². The molecule has 3 N–H and O–H groups in total. The lowest BCUT2D eigenvalue weighted by Gasteiger charge is -2.15. The van der Waals surface area contributed by atoms with E-state index < -0.39 is 11.7 Å². The molecule has 0 amide bonds. The average molecular weight is 449 g/mol. The first kappa shape index (κ1) is 20.0. The minimum atomic E-state index is -1.26. The first-order valence-electron chi connectivity index (χ1n) is 9.75. The summed E-state index contributed by atoms with van der Waals surface area (Å²) in [6, 6.07) is 19.2. The topological polar surface area (TPSA) is 109 Å². The van der Waals surface area contributed by atoms with Crippen LogP contribution in [-0.4, -0.2) is 27.6 Å². The van der Waals surface area contributed by atoms with Gasteiger partial charge in [0, 0.05) is 5.02 Å². The van der Waals surface area contributed by atoms with Crippen LogP contribution in [0.4, 0.5) is 5.69 Å². The van der Waals surface area contributed by atoms with Gasteiger partial charge < -0.3 is 19.6 Å². The highest BCUT2D eigenvalue weighted by molar-refractivity contribution is 6.31. The number of halogens is 1. The molecule has 1 aliphatic rings. The minimum absolute atomic E-state index is 0.0200. The van der Waals surface area contributed by atoms with Crippen LogP contribution in [0.15, 0.2) is 76.6 Å². The number of ether oxygens (including phenoxy) is 2. The summed E-state index contributed by atoms with van der Waals surface area (Å²) in [5.41, 5.74) is 4.56. The van der Waals surface area contributed by atoms with Crippen LogP contribution >= 0.6 is 11.6 Å². The van der Waals surface area contributed by atoms with Gasteiger partial charge >= 0.3 is 0 Å². The van der Waals surface area contributed by atoms with Crippen LogP contribution in [0.2, 0.25) is 5.02 Å². The maximum absolute atomic E-state index is 12.9. The van der Waals surface area contributed by atoms with Crippen LogP contribution in [0.25, 0.3) is 11.0 Å². The molecule has 3 aromatic carbocycles. The predicted molar refractivity (Wildman–Crippen MR) is 122 cm³/mol. The van der Waals surface area contributed by atoms with E-state index in [2.05, 4.69) is 20.5 Å². The van der Waals surface area contributed by atoms with Crippen molar-refractivity contribution in [2.45, 2.75) is 6.10 Å². The van der Waals surface area contributed by atoms with E-state index in [4.69, 9.17) is 21.1 Å². The molecule has 9 heteroatoms. The van der Waals surface area contributed by atoms with Gasteiger partial charge in [0.05, 0.1) is 16.7 Å². The van der Waals surface area contributed by atoms with E-state index in [1.165, 1.54) is 0 Å². The van der Waals surface area contributed by atoms with Gasteiger partial charge in [0.15, 0.2) is 17.2 Å². The van der Waals surface area contributed by atoms with Crippen LogP contribution in [0.3, 0.4) is 0 Å². The summed E-state index contributed by atoms with van der Waals surface area (Å²) in [4.78, 5) is 20.1. The Morgan fingerprint density at radius 3 is 2.75 bits per heavy atom. The molecule has 0 spiro atoms. The molecule has 0 saturated carbocycles. The van der Waals surface area contributed by atoms with Gasteiger partial charge in [0.25, 0.3) is 5.56 Å². The molecule has 0 radical (unpaired) electrons. The summed E-state index contributed by atoms with van der Waals surface area (Å²) in [6.07, 6.45) is -1.26. The summed E-state index contributed by atoms with van der Waals surface area (Å²) < 4.78 is 10.7. The highest BCUT2D eigenvalue weighted by Crippen LogP contribution is 2.34. The Hall–Kier alpha value is -3.88. The van der Waals surface area contributed by atoms with Gasteiger partial charge in [-0.25, -0.2) is 4.98 Å². The second kappa shape index (κ2) is 8.33. The number of rotatable bonds is 5. The number of aliphatic hydroxyl groups is 1. The third-order valence-corrected chi connectivity index (χ3v) is 5.18. The van der Waals surface area contributed by atoms with Crippen molar-refractivity contribution in [2.24, 2.45) is 5.10 Å². The van der Waals surface area contributed by atoms with E-state index in [0.29, 0.717) is 38.8 Å². The average Bonchev–Trinajstić information content (AvgIpc) is 3.28. The Morgan fingerprint density at radius 1 is 1.09 bits per heavy atom. The van der Waals surface area contributed by atoms with Gasteiger partial charge in [0.1, 0.15) is 11.8 Å². The number of anilines is 1. The van der Waals surface area contributed by atoms with Gasteiger partial charge in [0.2, 0.25) is 6.79 Å². The van der Waals surface area contributed by atoms with Gasteiger partial charge in [-0.3, -0.25) is 10.2 Å². The molecule has 8 nitrogen and oxygen atoms in total. The van der Waals surface area contributed by atoms with Crippen LogP contribution in [-0.2, 0) is 0 Å². The molecule has 1 aliphatic heterocycles. The van der Waals surface area contributed by atoms with Gasteiger partial charge in [-0.1, -0.05) is 35.9 Å². The number of H-pyrrole nitrogens is 1. The third kappa shape index (κ3) is 3.89. The number of aromatic nitrogens is 2. The zero-order valence-corrected chi connectivity index (χ0v) is 17.3. The Balaban J connectivity index is 1.61. The first-order valence-corrected chi connectivity index (χ1v) is 10.1. The molecule has 5 rings (SSSR count). The number of nitrogens with zero attached hydrogens (tertiary/aromatic N) is 2. The summed E-state index contributed by atoms with van der Waals surface area (Å²) in [6.45, 7) is 0.111. The minimum Gasteiger partial charge on any atom is -0.454 e. The summed E-state index contributed by atoms with van der Waals surface area (Å²) >= 11 is 6.02. The predicted octanol–water partition coefficient (Wildman–Crippen LogP) is 3.86. The quantitative estimate of drug-likeness (QED) is 0.316. The van der Waals surface area contributed by atoms with Crippen LogP contribution < -0.4 is 20.5 Å². The zero-order valence-electron chi connectivity index (χ0n) is 16.6. The number of benzene rings is 3. The standard InChI is InChI=1S/C23H17ClN4O4/c24-14-7-8-16-17(11-14)26-23(30)21(25-16)20(28-27-15-4-2-1-3-5-15)22(29)13-6-9-18-19(10-13)32-12-31-18/h1-11,22,27,29H,12H2,(H,26,30)/b28-20-. The van der Waals surface area contributed by atoms with Crippen molar-refractivity contribution in [1.82, 2.24) is 9.97 Å². The van der Waals surface area contributed by atoms with E-state index in [-0.39, 0.29) is 18.2 Å². The van der Waals surface area contributed by atoms with Gasteiger partial charge in [-0.2, -0.15) is 5.10 Å². The second-order valence-electron chi connectivity index (χ2n) is 7.07. The molecule has 0 fully saturated rings. The maximum atomic E-state index is 12.9. The molecular formula is C23H17ClN4O4. The van der Waals surface area contributed by atoms with Crippen molar-refractivity contribution in [2.75, 3.05) is 12.2 Å². The van der Waals surface area contributed by atoms with Crippen molar-refractivity contribution < 1.29 is 14.6 Å². The van der Waals surface area contributed by atoms with E-state index in [9.17, 15) is 9.90 Å². The Kier molecular flexibility index (Phi) is 5.22. The zero-order chi connectivity index (χ0) is 22.1. The molecule has 32 heavy (non-hydrogen) atoms. The Bertz CT molecular complexity index is 1390. The molecule has 0 aliphatic carbocycles. The number of fused-ring (bicyclic) bond motifs is 2. The number of nitrogens with one attached hydrogen (secondary N) is 2. The first-order chi connectivity index (χ1) is 15.6. The molecule has 160 valence electrons. The Labute approximate surface area is 187 Å². The molecule has 4 aromatic rings. The smallest absolute Gasteiger partial charge is 0.276 e. The number of hydrogen-bond acceptors (Lipinski definition) is 7. The summed E-state index contributed by atoms with van der Waals surface area (Å²) in [5, 5.41) is 16.0. The van der Waals surface area contributed by atoms with Crippen molar-refractivity contribution in [1.29, 1.82) is 0 Å². The Morgan fingerprint density at radius 2 is 1.91 bits per heavy atom. The van der Waals surface area contributed by atoms with Crippen molar-refractivity contribution >= 4 is 34.0 Å². The molecule has 0 bridgehead atoms. The number of aromatic amines is 1. The van der Waals surface area contributed by atoms with E-state index in [1.807, 2.05) is 30.3 Å². The lowest BCUT2D eigenvalue weighted by molar-refractivity contribution is 0.173. The number of aliphatic hydroxyl groups excluding tert-OH is 1. The molecule has 1 aromatic heterocycles. The molecule has 1 unspecified atom stereocenters. The molecule has 0 saturated heterocycles. The monoisotopic (exact) mass is 448 g/mol. The molecule has 2 heterocycles. The van der Waals surface area contributed by atoms with Crippen LogP contribution in [0, 0.1) is 0 Å². The SMILES string of the molecule is O=c1[nH]c2cc(Cl)ccc2nc1/C(=N/Nc1ccccc1)C(O)c1ccc2c(c1)OCO2. The lowest BCUT2D eigenvalue weighted by Crippen LogP contribution is -2.26. The van der Waals surface area contributed by atoms with Crippen LogP contribution in [0.1, 0.15) is 17.4 Å². The lowest BCUT2D eigenvalue weighted by atomic mass is 10.0. The van der Waals surface area contributed by atoms with Crippen molar-refractivity contribution in [3.63, 3.8) is 0 Å². The van der Waals surface area contributed by atoms with Crippen molar-refractivity contribution in [3.05, 3.63) is 93.4 Å². The fraction of sp³-hybridized carbons (Fsp3) is 0.0870. The highest BCUT2D eigenvalue weighted by atomic mass is 35.5. The highest BCUT2D eigenvalue weighted by Gasteiger charge is 2.25. The number of para-hydroxylation sites is 1. The molecule has 1 atom stereocenters. The summed E-state index contributed by atoms with van der Waals surface area (Å²) in [5.74, 6) is 1.09. The third-order valence-electron chi connectivity index (χ3n) is 4.95. The van der Waals surface area contributed by atoms with Crippen molar-refractivity contribution in [3.8, 4) is 11.5 Å². The number of hydrazone groups is 1. The van der Waals surface area contributed by atoms with E-state index >= 15 is 0 Å². The van der Waals surface area contributed by atoms with Gasteiger partial charge in [-0.05, 0) is 48.0 Å². The normalized spacial score (nSPS) is 13.9. The maximum Gasteiger partial charge on any atom is 0.276 e. The fourth-order valence-corrected chi connectivity index (χ4v) is 3.53. The van der Waals surface area contributed by atoms with E-state index in [1.54, 1.807) is 36.4 Å². The largest absolute Gasteiger partial charge is 0.454 e. The second-order valence-corrected chi connectivity index (χ2v) is 7.50. The fourth-order valence-electron chi connectivity index (χ4n) is 3.35. The van der Waals surface area contributed by atoms with Gasteiger partial charge in [-0.15, -0.1) is 0 Å².